The predicted octanol–water partition coefficient (Wildman–Crippen LogP) is 3.07. The number of nitrogens with zero attached hydrogens (tertiary/aromatic N) is 2. The Balaban J connectivity index is 1.64. The quantitative estimate of drug-likeness (QED) is 0.648. The van der Waals surface area contributed by atoms with E-state index in [0.717, 1.165) is 49.5 Å². The summed E-state index contributed by atoms with van der Waals surface area (Å²) in [7, 11) is -0.767. The van der Waals surface area contributed by atoms with Crippen LogP contribution in [0, 0.1) is 0 Å². The molecule has 2 fully saturated rings. The maximum Gasteiger partial charge on any atom is 0.257 e. The van der Waals surface area contributed by atoms with Crippen LogP contribution in [0.4, 0.5) is 11.4 Å². The monoisotopic (exact) mass is 470 g/mol. The molecule has 0 unspecified atom stereocenters. The van der Waals surface area contributed by atoms with Crippen molar-refractivity contribution in [2.45, 2.75) is 43.0 Å². The summed E-state index contributed by atoms with van der Waals surface area (Å²) in [5.74, 6) is -0.576. The van der Waals surface area contributed by atoms with E-state index >= 15 is 0 Å². The molecule has 176 valence electrons. The lowest BCUT2D eigenvalue weighted by Gasteiger charge is -2.30. The summed E-state index contributed by atoms with van der Waals surface area (Å²) in [6.07, 6.45) is 5.18. The molecule has 2 amide bonds. The first-order chi connectivity index (χ1) is 15.8. The van der Waals surface area contributed by atoms with Crippen molar-refractivity contribution in [3.8, 4) is 0 Å². The lowest BCUT2D eigenvalue weighted by Crippen LogP contribution is -2.32. The highest BCUT2D eigenvalue weighted by Gasteiger charge is 2.25. The third-order valence-corrected chi connectivity index (χ3v) is 7.79. The van der Waals surface area contributed by atoms with Crippen LogP contribution < -0.4 is 15.5 Å². The number of rotatable bonds is 7. The fourth-order valence-corrected chi connectivity index (χ4v) is 4.84. The van der Waals surface area contributed by atoms with Crippen molar-refractivity contribution >= 4 is 33.2 Å². The van der Waals surface area contributed by atoms with Crippen molar-refractivity contribution in [1.82, 2.24) is 9.62 Å². The van der Waals surface area contributed by atoms with Crippen molar-refractivity contribution in [2.75, 3.05) is 37.4 Å². The number of amides is 2. The number of hydrogen-bond acceptors (Lipinski definition) is 5. The number of anilines is 2. The number of hydrogen-bond donors (Lipinski definition) is 2. The van der Waals surface area contributed by atoms with Crippen molar-refractivity contribution in [3.63, 3.8) is 0 Å². The number of benzene rings is 2. The Bertz CT molecular complexity index is 1150. The van der Waals surface area contributed by atoms with E-state index < -0.39 is 15.9 Å². The average molecular weight is 471 g/mol. The molecule has 1 saturated heterocycles. The molecule has 2 aliphatic rings. The van der Waals surface area contributed by atoms with Gasteiger partial charge in [-0.25, -0.2) is 12.7 Å². The molecule has 4 rings (SSSR count). The molecule has 1 saturated carbocycles. The van der Waals surface area contributed by atoms with Crippen molar-refractivity contribution in [1.29, 1.82) is 0 Å². The van der Waals surface area contributed by atoms with Crippen LogP contribution in [0.3, 0.4) is 0 Å². The summed E-state index contributed by atoms with van der Waals surface area (Å²) >= 11 is 0. The Labute approximate surface area is 195 Å². The van der Waals surface area contributed by atoms with E-state index in [1.54, 1.807) is 36.4 Å². The van der Waals surface area contributed by atoms with E-state index in [2.05, 4.69) is 15.5 Å². The lowest BCUT2D eigenvalue weighted by molar-refractivity contribution is 0.0949. The normalized spacial score (nSPS) is 16.5. The molecule has 2 aromatic rings. The van der Waals surface area contributed by atoms with Crippen LogP contribution in [0.5, 0.6) is 0 Å². The van der Waals surface area contributed by atoms with Gasteiger partial charge < -0.3 is 15.5 Å². The predicted molar refractivity (Wildman–Crippen MR) is 128 cm³/mol. The number of carbonyl (C=O) groups is 2. The average Bonchev–Trinajstić information content (AvgIpc) is 3.63. The van der Waals surface area contributed by atoms with Crippen LogP contribution in [-0.2, 0) is 10.0 Å². The van der Waals surface area contributed by atoms with E-state index in [1.807, 2.05) is 0 Å². The minimum Gasteiger partial charge on any atom is -0.371 e. The van der Waals surface area contributed by atoms with Crippen molar-refractivity contribution < 1.29 is 18.0 Å². The van der Waals surface area contributed by atoms with Gasteiger partial charge in [-0.1, -0.05) is 6.07 Å². The van der Waals surface area contributed by atoms with E-state index in [9.17, 15) is 18.0 Å². The summed E-state index contributed by atoms with van der Waals surface area (Å²) in [6, 6.07) is 11.7. The Hall–Kier alpha value is -2.91. The molecule has 0 radical (unpaired) electrons. The number of carbonyl (C=O) groups excluding carboxylic acids is 2. The fraction of sp³-hybridized carbons (Fsp3) is 0.417. The second kappa shape index (κ2) is 9.52. The first-order valence-electron chi connectivity index (χ1n) is 11.3. The minimum atomic E-state index is -3.69. The van der Waals surface area contributed by atoms with Gasteiger partial charge in [0.05, 0.1) is 10.5 Å². The van der Waals surface area contributed by atoms with Gasteiger partial charge in [-0.2, -0.15) is 0 Å². The molecule has 1 heterocycles. The van der Waals surface area contributed by atoms with Crippen LogP contribution >= 0.6 is 0 Å². The molecular weight excluding hydrogens is 440 g/mol. The molecule has 8 nitrogen and oxygen atoms in total. The third kappa shape index (κ3) is 5.36. The standard InChI is InChI=1S/C24H30N4O4S/c1-27(2)33(31,32)20-11-12-22(28-13-4-3-5-14-28)21(16-20)24(30)26-19-8-6-7-17(15-19)23(29)25-18-9-10-18/h6-8,11-12,15-16,18H,3-5,9-10,13-14H2,1-2H3,(H,25,29)(H,26,30). The fourth-order valence-electron chi connectivity index (χ4n) is 3.91. The highest BCUT2D eigenvalue weighted by molar-refractivity contribution is 7.89. The van der Waals surface area contributed by atoms with Gasteiger partial charge in [0.15, 0.2) is 0 Å². The van der Waals surface area contributed by atoms with Crippen LogP contribution in [0.25, 0.3) is 0 Å². The maximum atomic E-state index is 13.3. The minimum absolute atomic E-state index is 0.0657. The summed E-state index contributed by atoms with van der Waals surface area (Å²) in [5.41, 5.74) is 1.97. The SMILES string of the molecule is CN(C)S(=O)(=O)c1ccc(N2CCCCC2)c(C(=O)Nc2cccc(C(=O)NC3CC3)c2)c1. The number of nitrogens with one attached hydrogen (secondary N) is 2. The highest BCUT2D eigenvalue weighted by atomic mass is 32.2. The second-order valence-electron chi connectivity index (χ2n) is 8.80. The van der Waals surface area contributed by atoms with E-state index in [-0.39, 0.29) is 16.8 Å². The Morgan fingerprint density at radius 1 is 0.970 bits per heavy atom. The maximum absolute atomic E-state index is 13.3. The molecule has 2 aromatic carbocycles. The zero-order chi connectivity index (χ0) is 23.6. The number of sulfonamides is 1. The Morgan fingerprint density at radius 2 is 1.70 bits per heavy atom. The molecule has 1 aliphatic carbocycles. The molecule has 9 heteroatoms. The Kier molecular flexibility index (Phi) is 6.71. The number of piperidine rings is 1. The smallest absolute Gasteiger partial charge is 0.257 e. The summed E-state index contributed by atoms with van der Waals surface area (Å²) in [5, 5.41) is 5.80. The molecule has 0 spiro atoms. The molecule has 0 aromatic heterocycles. The zero-order valence-corrected chi connectivity index (χ0v) is 19.8. The van der Waals surface area contributed by atoms with Gasteiger partial charge in [0.2, 0.25) is 10.0 Å². The van der Waals surface area contributed by atoms with Gasteiger partial charge in [0, 0.05) is 50.2 Å². The van der Waals surface area contributed by atoms with Gasteiger partial charge >= 0.3 is 0 Å². The van der Waals surface area contributed by atoms with Gasteiger partial charge in [-0.15, -0.1) is 0 Å². The molecule has 33 heavy (non-hydrogen) atoms. The third-order valence-electron chi connectivity index (χ3n) is 5.98. The lowest BCUT2D eigenvalue weighted by atomic mass is 10.1. The largest absolute Gasteiger partial charge is 0.371 e. The molecule has 1 aliphatic heterocycles. The van der Waals surface area contributed by atoms with Crippen LogP contribution in [-0.4, -0.2) is 57.8 Å². The van der Waals surface area contributed by atoms with Gasteiger partial charge in [0.1, 0.15) is 0 Å². The van der Waals surface area contributed by atoms with Crippen molar-refractivity contribution in [3.05, 3.63) is 53.6 Å². The summed E-state index contributed by atoms with van der Waals surface area (Å²) < 4.78 is 26.5. The van der Waals surface area contributed by atoms with Crippen LogP contribution in [0.2, 0.25) is 0 Å². The summed E-state index contributed by atoms with van der Waals surface area (Å²) in [6.45, 7) is 1.63. The molecule has 0 atom stereocenters. The van der Waals surface area contributed by atoms with E-state index in [0.29, 0.717) is 22.5 Å². The first kappa shape index (κ1) is 23.3. The Morgan fingerprint density at radius 3 is 2.36 bits per heavy atom. The van der Waals surface area contributed by atoms with Gasteiger partial charge in [-0.3, -0.25) is 9.59 Å². The first-order valence-corrected chi connectivity index (χ1v) is 12.7. The van der Waals surface area contributed by atoms with Crippen LogP contribution in [0.1, 0.15) is 52.8 Å². The van der Waals surface area contributed by atoms with E-state index in [1.165, 1.54) is 20.2 Å². The molecule has 0 bridgehead atoms. The van der Waals surface area contributed by atoms with Crippen LogP contribution in [0.15, 0.2) is 47.4 Å². The van der Waals surface area contributed by atoms with E-state index in [4.69, 9.17) is 0 Å². The van der Waals surface area contributed by atoms with Crippen molar-refractivity contribution in [2.24, 2.45) is 0 Å². The summed E-state index contributed by atoms with van der Waals surface area (Å²) in [4.78, 5) is 27.9. The topological polar surface area (TPSA) is 98.8 Å². The molecule has 2 N–H and O–H groups in total. The van der Waals surface area contributed by atoms with Gasteiger partial charge in [-0.05, 0) is 68.5 Å². The second-order valence-corrected chi connectivity index (χ2v) is 10.9. The van der Waals surface area contributed by atoms with Gasteiger partial charge in [0.25, 0.3) is 11.8 Å². The highest BCUT2D eigenvalue weighted by Crippen LogP contribution is 2.29. The molecular formula is C24H30N4O4S. The zero-order valence-electron chi connectivity index (χ0n) is 19.0.